The van der Waals surface area contributed by atoms with Crippen molar-refractivity contribution in [2.45, 2.75) is 32.4 Å². The van der Waals surface area contributed by atoms with E-state index in [0.717, 1.165) is 19.5 Å². The molecule has 0 aromatic heterocycles. The van der Waals surface area contributed by atoms with Crippen LogP contribution in [0.2, 0.25) is 0 Å². The molecule has 0 aliphatic carbocycles. The zero-order chi connectivity index (χ0) is 12.7. The maximum atomic E-state index is 5.82. The van der Waals surface area contributed by atoms with E-state index in [4.69, 9.17) is 11.5 Å². The van der Waals surface area contributed by atoms with Gasteiger partial charge in [-0.3, -0.25) is 0 Å². The van der Waals surface area contributed by atoms with Crippen molar-refractivity contribution >= 4 is 0 Å². The van der Waals surface area contributed by atoms with Crippen molar-refractivity contribution in [2.24, 2.45) is 11.5 Å². The first-order valence-corrected chi connectivity index (χ1v) is 6.37. The van der Waals surface area contributed by atoms with Crippen LogP contribution in [0.15, 0.2) is 24.3 Å². The fourth-order valence-corrected chi connectivity index (χ4v) is 1.95. The fraction of sp³-hybridized carbons (Fsp3) is 0.571. The molecule has 1 aromatic rings. The molecule has 0 spiro atoms. The average molecular weight is 235 g/mol. The zero-order valence-electron chi connectivity index (χ0n) is 11.0. The molecule has 0 aliphatic rings. The van der Waals surface area contributed by atoms with Gasteiger partial charge < -0.3 is 16.4 Å². The van der Waals surface area contributed by atoms with E-state index in [-0.39, 0.29) is 6.04 Å². The summed E-state index contributed by atoms with van der Waals surface area (Å²) in [5.74, 6) is 0. The quantitative estimate of drug-likeness (QED) is 0.750. The number of nitrogens with two attached hydrogens (primary N) is 2. The molecular weight excluding hydrogens is 210 g/mol. The lowest BCUT2D eigenvalue weighted by Gasteiger charge is -2.20. The van der Waals surface area contributed by atoms with Crippen molar-refractivity contribution in [3.05, 3.63) is 35.4 Å². The van der Waals surface area contributed by atoms with Crippen LogP contribution in [0, 0.1) is 0 Å². The van der Waals surface area contributed by atoms with Gasteiger partial charge in [-0.1, -0.05) is 37.6 Å². The highest BCUT2D eigenvalue weighted by atomic mass is 15.1. The second kappa shape index (κ2) is 7.43. The lowest BCUT2D eigenvalue weighted by atomic mass is 10.1. The smallest absolute Gasteiger partial charge is 0.0292 e. The lowest BCUT2D eigenvalue weighted by Crippen LogP contribution is -2.40. The maximum Gasteiger partial charge on any atom is 0.0292 e. The van der Waals surface area contributed by atoms with Crippen LogP contribution >= 0.6 is 0 Å². The average Bonchev–Trinajstić information content (AvgIpc) is 2.31. The largest absolute Gasteiger partial charge is 0.329 e. The summed E-state index contributed by atoms with van der Waals surface area (Å²) in [5, 5.41) is 0. The maximum absolute atomic E-state index is 5.82. The molecule has 0 saturated heterocycles. The first kappa shape index (κ1) is 14.2. The third-order valence-corrected chi connectivity index (χ3v) is 2.86. The molecular formula is C14H25N3. The Morgan fingerprint density at radius 1 is 1.18 bits per heavy atom. The number of benzene rings is 1. The number of nitrogens with zero attached hydrogens (tertiary/aromatic N) is 1. The van der Waals surface area contributed by atoms with Crippen LogP contribution in [0.1, 0.15) is 24.5 Å². The molecule has 0 aliphatic heterocycles. The minimum atomic E-state index is 0.0689. The summed E-state index contributed by atoms with van der Waals surface area (Å²) in [7, 11) is 2.08. The van der Waals surface area contributed by atoms with Gasteiger partial charge in [0, 0.05) is 25.7 Å². The number of hydrogen-bond donors (Lipinski definition) is 2. The number of rotatable bonds is 7. The van der Waals surface area contributed by atoms with Gasteiger partial charge in [0.1, 0.15) is 0 Å². The molecule has 1 atom stereocenters. The van der Waals surface area contributed by atoms with Gasteiger partial charge in [0.15, 0.2) is 0 Å². The van der Waals surface area contributed by atoms with E-state index in [2.05, 4.69) is 43.1 Å². The van der Waals surface area contributed by atoms with E-state index in [0.29, 0.717) is 6.54 Å². The predicted molar refractivity (Wildman–Crippen MR) is 73.8 cm³/mol. The van der Waals surface area contributed by atoms with Crippen LogP contribution in [0.4, 0.5) is 0 Å². The van der Waals surface area contributed by atoms with Crippen molar-refractivity contribution in [3.63, 3.8) is 0 Å². The van der Waals surface area contributed by atoms with Crippen LogP contribution in [0.25, 0.3) is 0 Å². The van der Waals surface area contributed by atoms with Gasteiger partial charge in [0.05, 0.1) is 0 Å². The summed E-state index contributed by atoms with van der Waals surface area (Å²) in [6.45, 7) is 4.52. The van der Waals surface area contributed by atoms with Crippen LogP contribution < -0.4 is 11.5 Å². The molecule has 0 fully saturated rings. The van der Waals surface area contributed by atoms with Gasteiger partial charge in [0.25, 0.3) is 0 Å². The predicted octanol–water partition coefficient (Wildman–Crippen LogP) is 1.36. The van der Waals surface area contributed by atoms with Crippen LogP contribution in [-0.2, 0) is 13.0 Å². The Balaban J connectivity index is 2.45. The SMILES string of the molecule is CCCc1ccc(CN(C)CC(N)CN)cc1. The third kappa shape index (κ3) is 5.31. The first-order chi connectivity index (χ1) is 8.15. The summed E-state index contributed by atoms with van der Waals surface area (Å²) in [6.07, 6.45) is 2.36. The molecule has 96 valence electrons. The Hall–Kier alpha value is -0.900. The van der Waals surface area contributed by atoms with Crippen LogP contribution in [0.5, 0.6) is 0 Å². The van der Waals surface area contributed by atoms with Gasteiger partial charge >= 0.3 is 0 Å². The van der Waals surface area contributed by atoms with Gasteiger partial charge in [-0.15, -0.1) is 0 Å². The van der Waals surface area contributed by atoms with Gasteiger partial charge in [-0.25, -0.2) is 0 Å². The molecule has 17 heavy (non-hydrogen) atoms. The standard InChI is InChI=1S/C14H25N3/c1-3-4-12-5-7-13(8-6-12)10-17(2)11-14(16)9-15/h5-8,14H,3-4,9-11,15-16H2,1-2H3. The van der Waals surface area contributed by atoms with E-state index < -0.39 is 0 Å². The Bertz CT molecular complexity index is 308. The molecule has 3 heteroatoms. The summed E-state index contributed by atoms with van der Waals surface area (Å²) in [4.78, 5) is 2.21. The highest BCUT2D eigenvalue weighted by Gasteiger charge is 2.05. The van der Waals surface area contributed by atoms with E-state index in [1.807, 2.05) is 0 Å². The second-order valence-corrected chi connectivity index (χ2v) is 4.76. The second-order valence-electron chi connectivity index (χ2n) is 4.76. The number of hydrogen-bond acceptors (Lipinski definition) is 3. The normalized spacial score (nSPS) is 13.0. The van der Waals surface area contributed by atoms with Gasteiger partial charge in [-0.05, 0) is 24.6 Å². The fourth-order valence-electron chi connectivity index (χ4n) is 1.95. The zero-order valence-corrected chi connectivity index (χ0v) is 11.0. The van der Waals surface area contributed by atoms with Crippen molar-refractivity contribution < 1.29 is 0 Å². The summed E-state index contributed by atoms with van der Waals surface area (Å²) >= 11 is 0. The van der Waals surface area contributed by atoms with E-state index in [1.165, 1.54) is 17.5 Å². The summed E-state index contributed by atoms with van der Waals surface area (Å²) in [6, 6.07) is 8.91. The Morgan fingerprint density at radius 3 is 2.29 bits per heavy atom. The molecule has 0 radical (unpaired) electrons. The van der Waals surface area contributed by atoms with E-state index >= 15 is 0 Å². The minimum Gasteiger partial charge on any atom is -0.329 e. The highest BCUT2D eigenvalue weighted by Crippen LogP contribution is 2.08. The Labute approximate surface area is 105 Å². The van der Waals surface area contributed by atoms with Crippen LogP contribution in [-0.4, -0.2) is 31.1 Å². The number of aryl methyl sites for hydroxylation is 1. The molecule has 1 unspecified atom stereocenters. The lowest BCUT2D eigenvalue weighted by molar-refractivity contribution is 0.305. The highest BCUT2D eigenvalue weighted by molar-refractivity contribution is 5.22. The molecule has 0 saturated carbocycles. The molecule has 3 nitrogen and oxygen atoms in total. The van der Waals surface area contributed by atoms with Gasteiger partial charge in [-0.2, -0.15) is 0 Å². The first-order valence-electron chi connectivity index (χ1n) is 6.37. The van der Waals surface area contributed by atoms with E-state index in [9.17, 15) is 0 Å². The Morgan fingerprint density at radius 2 is 1.76 bits per heavy atom. The Kier molecular flexibility index (Phi) is 6.19. The van der Waals surface area contributed by atoms with Crippen LogP contribution in [0.3, 0.4) is 0 Å². The molecule has 0 bridgehead atoms. The molecule has 1 aromatic carbocycles. The molecule has 1 rings (SSSR count). The monoisotopic (exact) mass is 235 g/mol. The van der Waals surface area contributed by atoms with Crippen molar-refractivity contribution in [1.82, 2.24) is 4.90 Å². The molecule has 4 N–H and O–H groups in total. The van der Waals surface area contributed by atoms with Gasteiger partial charge in [0.2, 0.25) is 0 Å². The van der Waals surface area contributed by atoms with Crippen molar-refractivity contribution in [2.75, 3.05) is 20.1 Å². The summed E-state index contributed by atoms with van der Waals surface area (Å²) in [5.41, 5.74) is 14.1. The summed E-state index contributed by atoms with van der Waals surface area (Å²) < 4.78 is 0. The van der Waals surface area contributed by atoms with E-state index in [1.54, 1.807) is 0 Å². The molecule has 0 heterocycles. The third-order valence-electron chi connectivity index (χ3n) is 2.86. The minimum absolute atomic E-state index is 0.0689. The van der Waals surface area contributed by atoms with Crippen molar-refractivity contribution in [1.29, 1.82) is 0 Å². The topological polar surface area (TPSA) is 55.3 Å². The van der Waals surface area contributed by atoms with Crippen molar-refractivity contribution in [3.8, 4) is 0 Å². The molecule has 0 amide bonds. The number of likely N-dealkylation sites (N-methyl/N-ethyl adjacent to an activating group) is 1.